The monoisotopic (exact) mass is 748 g/mol. The molecule has 4 heterocycles. The van der Waals surface area contributed by atoms with Crippen molar-refractivity contribution in [1.29, 1.82) is 0 Å². The first kappa shape index (κ1) is 36.0. The average Bonchev–Trinajstić information content (AvgIpc) is 3.70. The molecule has 4 unspecified atom stereocenters. The van der Waals surface area contributed by atoms with Gasteiger partial charge in [-0.2, -0.15) is 0 Å². The van der Waals surface area contributed by atoms with Crippen molar-refractivity contribution in [2.24, 2.45) is 5.92 Å². The number of aromatic nitrogens is 2. The molecule has 9 rings (SSSR count). The van der Waals surface area contributed by atoms with Crippen molar-refractivity contribution in [3.05, 3.63) is 165 Å². The summed E-state index contributed by atoms with van der Waals surface area (Å²) in [6.07, 6.45) is 0.699. The fourth-order valence-corrected chi connectivity index (χ4v) is 8.66. The number of hydrogen-bond donors (Lipinski definition) is 2. The fraction of sp³-hybridized carbons (Fsp3) is 0.283. The Balaban J connectivity index is 0.944. The maximum absolute atomic E-state index is 13.1. The van der Waals surface area contributed by atoms with Crippen molar-refractivity contribution in [2.75, 3.05) is 19.6 Å². The Labute approximate surface area is 324 Å². The number of aliphatic hydroxyl groups excluding tert-OH is 1. The molecule has 3 aliphatic heterocycles. The van der Waals surface area contributed by atoms with Gasteiger partial charge in [0.25, 0.3) is 11.8 Å². The van der Waals surface area contributed by atoms with Crippen LogP contribution in [-0.4, -0.2) is 62.0 Å². The van der Waals surface area contributed by atoms with E-state index in [1.54, 1.807) is 24.3 Å². The van der Waals surface area contributed by atoms with Crippen molar-refractivity contribution in [3.63, 3.8) is 0 Å². The number of imide groups is 1. The smallest absolute Gasteiger partial charge is 0.326 e. The van der Waals surface area contributed by atoms with E-state index >= 15 is 0 Å². The van der Waals surface area contributed by atoms with Crippen LogP contribution in [0.1, 0.15) is 81.2 Å². The number of piperidine rings is 1. The molecule has 10 nitrogen and oxygen atoms in total. The van der Waals surface area contributed by atoms with Gasteiger partial charge in [-0.1, -0.05) is 91.9 Å². The Hall–Kier alpha value is -5.65. The van der Waals surface area contributed by atoms with Gasteiger partial charge < -0.3 is 24.5 Å². The van der Waals surface area contributed by atoms with Crippen molar-refractivity contribution < 1.29 is 24.2 Å². The molecule has 6 aromatic rings. The van der Waals surface area contributed by atoms with Gasteiger partial charge in [-0.05, 0) is 77.1 Å². The van der Waals surface area contributed by atoms with Crippen molar-refractivity contribution in [2.45, 2.75) is 57.5 Å². The highest BCUT2D eigenvalue weighted by atomic mass is 16.7. The summed E-state index contributed by atoms with van der Waals surface area (Å²) in [5, 5.41) is 9.71. The molecule has 0 bridgehead atoms. The quantitative estimate of drug-likeness (QED) is 0.148. The molecule has 5 aromatic carbocycles. The topological polar surface area (TPSA) is 117 Å². The Kier molecular flexibility index (Phi) is 9.72. The number of para-hydroxylation sites is 2. The maximum Gasteiger partial charge on any atom is 0.326 e. The van der Waals surface area contributed by atoms with Crippen LogP contribution in [0.5, 0.6) is 0 Å². The Morgan fingerprint density at radius 2 is 1.39 bits per heavy atom. The molecule has 0 spiro atoms. The summed E-state index contributed by atoms with van der Waals surface area (Å²) in [4.78, 5) is 45.9. The Morgan fingerprint density at radius 3 is 2.12 bits per heavy atom. The number of nitrogens with zero attached hydrogens (tertiary/aromatic N) is 3. The first-order valence-electron chi connectivity index (χ1n) is 19.4. The number of aliphatic hydroxyl groups is 1. The molecular formula is C46H44N4O6. The highest BCUT2D eigenvalue weighted by Gasteiger charge is 2.40. The number of carbonyl (C=O) groups excluding carboxylic acids is 2. The second kappa shape index (κ2) is 15.1. The fourth-order valence-electron chi connectivity index (χ4n) is 8.66. The molecule has 56 heavy (non-hydrogen) atoms. The molecule has 284 valence electrons. The minimum Gasteiger partial charge on any atom is -0.392 e. The highest BCUT2D eigenvalue weighted by Crippen LogP contribution is 2.43. The number of aromatic amines is 1. The number of rotatable bonds is 9. The summed E-state index contributed by atoms with van der Waals surface area (Å²) in [6, 6.07) is 39.0. The number of ether oxygens (including phenoxy) is 2. The molecule has 2 amide bonds. The number of imidazole rings is 1. The van der Waals surface area contributed by atoms with Crippen LogP contribution in [0.15, 0.2) is 126 Å². The normalized spacial score (nSPS) is 21.9. The van der Waals surface area contributed by atoms with Gasteiger partial charge in [-0.15, -0.1) is 0 Å². The van der Waals surface area contributed by atoms with Crippen molar-refractivity contribution in [3.8, 4) is 11.1 Å². The van der Waals surface area contributed by atoms with Crippen LogP contribution < -0.4 is 5.69 Å². The minimum atomic E-state index is -0.637. The molecule has 2 fully saturated rings. The van der Waals surface area contributed by atoms with E-state index in [1.165, 1.54) is 4.90 Å². The number of fused-ring (bicyclic) bond motifs is 2. The summed E-state index contributed by atoms with van der Waals surface area (Å²) in [5.41, 5.74) is 8.18. The molecular weight excluding hydrogens is 705 g/mol. The van der Waals surface area contributed by atoms with E-state index < -0.39 is 6.29 Å². The lowest BCUT2D eigenvalue weighted by Gasteiger charge is -2.44. The lowest BCUT2D eigenvalue weighted by molar-refractivity contribution is -0.276. The number of benzene rings is 5. The molecule has 0 saturated carbocycles. The predicted molar refractivity (Wildman–Crippen MR) is 213 cm³/mol. The van der Waals surface area contributed by atoms with Gasteiger partial charge >= 0.3 is 5.69 Å². The van der Waals surface area contributed by atoms with Gasteiger partial charge in [0.05, 0.1) is 47.5 Å². The standard InChI is InChI=1S/C46H44N4O6/c1-29-41(27-48-22-20-36(21-23-48)50-40-15-5-4-14-39(40)47-46(50)54)55-45(56-42(29)32-18-16-30(28-51)17-19-32)35-11-7-10-34(25-35)33-9-6-8-31(24-33)26-49-43(52)37-12-2-3-13-38(37)44(49)53/h2-19,24-25,29,36,41-42,45,51H,20-23,26-28H2,1H3,(H,47,54). The van der Waals surface area contributed by atoms with Crippen LogP contribution in [0.2, 0.25) is 0 Å². The summed E-state index contributed by atoms with van der Waals surface area (Å²) in [7, 11) is 0. The summed E-state index contributed by atoms with van der Waals surface area (Å²) in [5.74, 6) is -0.520. The van der Waals surface area contributed by atoms with Gasteiger partial charge in [0.15, 0.2) is 6.29 Å². The van der Waals surface area contributed by atoms with E-state index in [1.807, 2.05) is 95.6 Å². The molecule has 2 saturated heterocycles. The van der Waals surface area contributed by atoms with Gasteiger partial charge in [0.1, 0.15) is 0 Å². The zero-order chi connectivity index (χ0) is 38.3. The molecule has 2 N–H and O–H groups in total. The summed E-state index contributed by atoms with van der Waals surface area (Å²) >= 11 is 0. The van der Waals surface area contributed by atoms with Crippen LogP contribution >= 0.6 is 0 Å². The Morgan fingerprint density at radius 1 is 0.714 bits per heavy atom. The van der Waals surface area contributed by atoms with Gasteiger partial charge in [0.2, 0.25) is 0 Å². The van der Waals surface area contributed by atoms with Gasteiger partial charge in [-0.25, -0.2) is 4.79 Å². The molecule has 4 atom stereocenters. The van der Waals surface area contributed by atoms with Crippen LogP contribution in [0, 0.1) is 5.92 Å². The van der Waals surface area contributed by atoms with E-state index in [2.05, 4.69) is 22.9 Å². The lowest BCUT2D eigenvalue weighted by atomic mass is 9.89. The number of amides is 2. The predicted octanol–water partition coefficient (Wildman–Crippen LogP) is 7.41. The number of nitrogens with one attached hydrogen (secondary N) is 1. The van der Waals surface area contributed by atoms with E-state index in [0.29, 0.717) is 11.1 Å². The third kappa shape index (κ3) is 6.79. The highest BCUT2D eigenvalue weighted by molar-refractivity contribution is 6.21. The molecule has 1 aromatic heterocycles. The number of likely N-dealkylation sites (tertiary alicyclic amines) is 1. The number of carbonyl (C=O) groups is 2. The zero-order valence-corrected chi connectivity index (χ0v) is 31.2. The first-order valence-corrected chi connectivity index (χ1v) is 19.4. The van der Waals surface area contributed by atoms with Crippen molar-refractivity contribution in [1.82, 2.24) is 19.4 Å². The molecule has 10 heteroatoms. The molecule has 0 aliphatic carbocycles. The van der Waals surface area contributed by atoms with E-state index in [0.717, 1.165) is 76.9 Å². The van der Waals surface area contributed by atoms with Crippen LogP contribution in [-0.2, 0) is 22.6 Å². The number of H-pyrrole nitrogens is 1. The summed E-state index contributed by atoms with van der Waals surface area (Å²) in [6.45, 7) is 4.75. The summed E-state index contributed by atoms with van der Waals surface area (Å²) < 4.78 is 15.6. The van der Waals surface area contributed by atoms with Crippen molar-refractivity contribution >= 4 is 22.8 Å². The van der Waals surface area contributed by atoms with Gasteiger partial charge in [-0.3, -0.25) is 19.1 Å². The lowest BCUT2D eigenvalue weighted by Crippen LogP contribution is -2.47. The third-order valence-electron chi connectivity index (χ3n) is 11.7. The van der Waals surface area contributed by atoms with Crippen LogP contribution in [0.3, 0.4) is 0 Å². The second-order valence-corrected chi connectivity index (χ2v) is 15.2. The molecule has 3 aliphatic rings. The van der Waals surface area contributed by atoms with E-state index in [9.17, 15) is 19.5 Å². The number of hydrogen-bond acceptors (Lipinski definition) is 7. The molecule has 0 radical (unpaired) electrons. The Bertz CT molecular complexity index is 2430. The van der Waals surface area contributed by atoms with Gasteiger partial charge in [0, 0.05) is 37.2 Å². The van der Waals surface area contributed by atoms with Crippen LogP contribution in [0.25, 0.3) is 22.2 Å². The zero-order valence-electron chi connectivity index (χ0n) is 31.2. The second-order valence-electron chi connectivity index (χ2n) is 15.2. The third-order valence-corrected chi connectivity index (χ3v) is 11.7. The SMILES string of the molecule is CC1C(CN2CCC(n3c(=O)[nH]c4ccccc43)CC2)OC(c2cccc(-c3cccc(CN4C(=O)c5ccccc5C4=O)c3)c2)OC1c1ccc(CO)cc1. The largest absolute Gasteiger partial charge is 0.392 e. The first-order chi connectivity index (χ1) is 27.3. The minimum absolute atomic E-state index is 0.0252. The van der Waals surface area contributed by atoms with Crippen LogP contribution in [0.4, 0.5) is 0 Å². The van der Waals surface area contributed by atoms with E-state index in [-0.39, 0.29) is 54.8 Å². The maximum atomic E-state index is 13.1. The average molecular weight is 749 g/mol. The van der Waals surface area contributed by atoms with E-state index in [4.69, 9.17) is 9.47 Å².